The molecule has 3 nitrogen and oxygen atoms in total. The third kappa shape index (κ3) is 3.25. The van der Waals surface area contributed by atoms with Crippen molar-refractivity contribution in [2.45, 2.75) is 25.8 Å². The molecule has 2 aromatic rings. The average Bonchev–Trinajstić information content (AvgIpc) is 2.80. The molecular weight excluding hydrogens is 302 g/mol. The SMILES string of the molecule is CNC(CCc1ccnn1C)c1cccc(C)c1Br. The average molecular weight is 322 g/mol. The topological polar surface area (TPSA) is 29.9 Å². The standard InChI is InChI=1S/C15H20BrN3/c1-11-5-4-6-13(15(11)16)14(17-2)8-7-12-9-10-18-19(12)3/h4-6,9-10,14,17H,7-8H2,1-3H3. The lowest BCUT2D eigenvalue weighted by Crippen LogP contribution is -2.18. The molecule has 0 aliphatic rings. The number of hydrogen-bond acceptors (Lipinski definition) is 2. The molecule has 1 heterocycles. The molecule has 0 saturated carbocycles. The monoisotopic (exact) mass is 321 g/mol. The maximum Gasteiger partial charge on any atom is 0.0492 e. The molecule has 0 fully saturated rings. The molecule has 0 bridgehead atoms. The number of aromatic nitrogens is 2. The fourth-order valence-electron chi connectivity index (χ4n) is 2.33. The predicted octanol–water partition coefficient (Wildman–Crippen LogP) is 3.38. The van der Waals surface area contributed by atoms with Gasteiger partial charge in [-0.25, -0.2) is 0 Å². The van der Waals surface area contributed by atoms with E-state index < -0.39 is 0 Å². The number of rotatable bonds is 5. The van der Waals surface area contributed by atoms with Gasteiger partial charge in [0.25, 0.3) is 0 Å². The molecule has 0 aliphatic carbocycles. The summed E-state index contributed by atoms with van der Waals surface area (Å²) < 4.78 is 3.15. The largest absolute Gasteiger partial charge is 0.313 e. The highest BCUT2D eigenvalue weighted by atomic mass is 79.9. The van der Waals surface area contributed by atoms with E-state index in [1.807, 2.05) is 25.0 Å². The van der Waals surface area contributed by atoms with Crippen molar-refractivity contribution in [2.75, 3.05) is 7.05 Å². The third-order valence-electron chi connectivity index (χ3n) is 3.56. The van der Waals surface area contributed by atoms with Gasteiger partial charge in [0, 0.05) is 29.5 Å². The van der Waals surface area contributed by atoms with Gasteiger partial charge in [-0.1, -0.05) is 34.1 Å². The Labute approximate surface area is 123 Å². The van der Waals surface area contributed by atoms with Crippen molar-refractivity contribution in [3.8, 4) is 0 Å². The van der Waals surface area contributed by atoms with Gasteiger partial charge >= 0.3 is 0 Å². The molecule has 0 spiro atoms. The number of halogens is 1. The van der Waals surface area contributed by atoms with E-state index in [0.29, 0.717) is 6.04 Å². The van der Waals surface area contributed by atoms with Gasteiger partial charge in [-0.05, 0) is 44.0 Å². The molecule has 19 heavy (non-hydrogen) atoms. The molecule has 0 aliphatic heterocycles. The van der Waals surface area contributed by atoms with Crippen LogP contribution < -0.4 is 5.32 Å². The Morgan fingerprint density at radius 3 is 2.79 bits per heavy atom. The summed E-state index contributed by atoms with van der Waals surface area (Å²) in [5.74, 6) is 0. The molecule has 1 atom stereocenters. The van der Waals surface area contributed by atoms with Crippen LogP contribution in [0.3, 0.4) is 0 Å². The van der Waals surface area contributed by atoms with E-state index in [9.17, 15) is 0 Å². The zero-order valence-electron chi connectivity index (χ0n) is 11.7. The van der Waals surface area contributed by atoms with Gasteiger partial charge in [0.05, 0.1) is 0 Å². The maximum atomic E-state index is 4.21. The molecule has 1 N–H and O–H groups in total. The first-order valence-corrected chi connectivity index (χ1v) is 7.32. The number of nitrogens with one attached hydrogen (secondary N) is 1. The van der Waals surface area contributed by atoms with Gasteiger partial charge in [-0.3, -0.25) is 4.68 Å². The molecule has 2 rings (SSSR count). The highest BCUT2D eigenvalue weighted by molar-refractivity contribution is 9.10. The van der Waals surface area contributed by atoms with Crippen LogP contribution in [0, 0.1) is 6.92 Å². The van der Waals surface area contributed by atoms with Crippen LogP contribution in [0.4, 0.5) is 0 Å². The quantitative estimate of drug-likeness (QED) is 0.914. The minimum atomic E-state index is 0.351. The van der Waals surface area contributed by atoms with Crippen LogP contribution in [0.25, 0.3) is 0 Å². The predicted molar refractivity (Wildman–Crippen MR) is 82.2 cm³/mol. The number of hydrogen-bond donors (Lipinski definition) is 1. The maximum absolute atomic E-state index is 4.21. The van der Waals surface area contributed by atoms with Gasteiger partial charge in [-0.2, -0.15) is 5.10 Å². The normalized spacial score (nSPS) is 12.6. The van der Waals surface area contributed by atoms with Gasteiger partial charge in [0.2, 0.25) is 0 Å². The number of nitrogens with zero attached hydrogens (tertiary/aromatic N) is 2. The Morgan fingerprint density at radius 2 is 2.16 bits per heavy atom. The van der Waals surface area contributed by atoms with Crippen molar-refractivity contribution in [1.82, 2.24) is 15.1 Å². The van der Waals surface area contributed by atoms with Crippen molar-refractivity contribution >= 4 is 15.9 Å². The van der Waals surface area contributed by atoms with Crippen LogP contribution in [0.15, 0.2) is 34.9 Å². The second-order valence-electron chi connectivity index (χ2n) is 4.80. The van der Waals surface area contributed by atoms with E-state index in [0.717, 1.165) is 12.8 Å². The summed E-state index contributed by atoms with van der Waals surface area (Å²) in [5, 5.41) is 7.62. The number of benzene rings is 1. The summed E-state index contributed by atoms with van der Waals surface area (Å²) in [7, 11) is 4.01. The van der Waals surface area contributed by atoms with E-state index in [-0.39, 0.29) is 0 Å². The fourth-order valence-corrected chi connectivity index (χ4v) is 2.87. The summed E-state index contributed by atoms with van der Waals surface area (Å²) in [4.78, 5) is 0. The first-order chi connectivity index (χ1) is 9.13. The Balaban J connectivity index is 2.12. The van der Waals surface area contributed by atoms with Gasteiger partial charge in [-0.15, -0.1) is 0 Å². The minimum Gasteiger partial charge on any atom is -0.313 e. The molecular formula is C15H20BrN3. The molecule has 1 unspecified atom stereocenters. The summed E-state index contributed by atoms with van der Waals surface area (Å²) in [5.41, 5.74) is 3.87. The first kappa shape index (κ1) is 14.3. The molecule has 1 aromatic carbocycles. The Bertz CT molecular complexity index is 548. The minimum absolute atomic E-state index is 0.351. The van der Waals surface area contributed by atoms with E-state index >= 15 is 0 Å². The zero-order chi connectivity index (χ0) is 13.8. The van der Waals surface area contributed by atoms with Crippen LogP contribution in [0.1, 0.15) is 29.3 Å². The van der Waals surface area contributed by atoms with Crippen LogP contribution >= 0.6 is 15.9 Å². The Morgan fingerprint density at radius 1 is 1.37 bits per heavy atom. The first-order valence-electron chi connectivity index (χ1n) is 6.52. The van der Waals surface area contributed by atoms with Crippen LogP contribution in [0.5, 0.6) is 0 Å². The van der Waals surface area contributed by atoms with Crippen LogP contribution in [-0.4, -0.2) is 16.8 Å². The van der Waals surface area contributed by atoms with Crippen molar-refractivity contribution in [2.24, 2.45) is 7.05 Å². The zero-order valence-corrected chi connectivity index (χ0v) is 13.2. The lowest BCUT2D eigenvalue weighted by Gasteiger charge is -2.19. The third-order valence-corrected chi connectivity index (χ3v) is 4.64. The van der Waals surface area contributed by atoms with Crippen molar-refractivity contribution in [1.29, 1.82) is 0 Å². The number of aryl methyl sites for hydroxylation is 3. The Hall–Kier alpha value is -1.13. The summed E-state index contributed by atoms with van der Waals surface area (Å²) in [6, 6.07) is 8.86. The lowest BCUT2D eigenvalue weighted by molar-refractivity contribution is 0.533. The molecule has 1 aromatic heterocycles. The van der Waals surface area contributed by atoms with Gasteiger partial charge in [0.15, 0.2) is 0 Å². The van der Waals surface area contributed by atoms with Gasteiger partial charge in [0.1, 0.15) is 0 Å². The second-order valence-corrected chi connectivity index (χ2v) is 5.60. The van der Waals surface area contributed by atoms with Crippen LogP contribution in [0.2, 0.25) is 0 Å². The second kappa shape index (κ2) is 6.35. The summed E-state index contributed by atoms with van der Waals surface area (Å²) in [6.07, 6.45) is 3.92. The highest BCUT2D eigenvalue weighted by Crippen LogP contribution is 2.29. The molecule has 0 radical (unpaired) electrons. The molecule has 0 amide bonds. The lowest BCUT2D eigenvalue weighted by atomic mass is 9.99. The highest BCUT2D eigenvalue weighted by Gasteiger charge is 2.14. The smallest absolute Gasteiger partial charge is 0.0492 e. The van der Waals surface area contributed by atoms with E-state index in [1.165, 1.54) is 21.3 Å². The van der Waals surface area contributed by atoms with E-state index in [2.05, 4.69) is 57.5 Å². The molecule has 102 valence electrons. The fraction of sp³-hybridized carbons (Fsp3) is 0.400. The summed E-state index contributed by atoms with van der Waals surface area (Å²) in [6.45, 7) is 2.13. The molecule has 0 saturated heterocycles. The van der Waals surface area contributed by atoms with Crippen LogP contribution in [-0.2, 0) is 13.5 Å². The van der Waals surface area contributed by atoms with E-state index in [1.54, 1.807) is 0 Å². The summed E-state index contributed by atoms with van der Waals surface area (Å²) >= 11 is 3.70. The van der Waals surface area contributed by atoms with Gasteiger partial charge < -0.3 is 5.32 Å². The van der Waals surface area contributed by atoms with Crippen molar-refractivity contribution in [3.63, 3.8) is 0 Å². The van der Waals surface area contributed by atoms with E-state index in [4.69, 9.17) is 0 Å². The van der Waals surface area contributed by atoms with Crippen molar-refractivity contribution < 1.29 is 0 Å². The Kier molecular flexibility index (Phi) is 4.77. The molecule has 4 heteroatoms. The van der Waals surface area contributed by atoms with Crippen molar-refractivity contribution in [3.05, 3.63) is 51.8 Å².